The first kappa shape index (κ1) is 22.8. The van der Waals surface area contributed by atoms with Gasteiger partial charge in [0.1, 0.15) is 5.82 Å². The number of hydrogen-bond donors (Lipinski definition) is 4. The van der Waals surface area contributed by atoms with E-state index < -0.39 is 11.7 Å². The first-order valence-corrected chi connectivity index (χ1v) is 11.8. The Labute approximate surface area is 202 Å². The number of fused-ring (bicyclic) bond motifs is 1. The van der Waals surface area contributed by atoms with Gasteiger partial charge in [-0.05, 0) is 42.7 Å². The highest BCUT2D eigenvalue weighted by molar-refractivity contribution is 5.99. The van der Waals surface area contributed by atoms with Crippen LogP contribution in [-0.2, 0) is 6.54 Å². The van der Waals surface area contributed by atoms with E-state index in [1.165, 1.54) is 0 Å². The Morgan fingerprint density at radius 1 is 1.09 bits per heavy atom. The monoisotopic (exact) mass is 473 g/mol. The molecule has 2 unspecified atom stereocenters. The summed E-state index contributed by atoms with van der Waals surface area (Å²) in [7, 11) is 0. The Kier molecular flexibility index (Phi) is 6.33. The summed E-state index contributed by atoms with van der Waals surface area (Å²) in [4.78, 5) is 16.4. The molecule has 1 aliphatic rings. The Hall–Kier alpha value is -3.98. The molecule has 1 saturated carbocycles. The van der Waals surface area contributed by atoms with Gasteiger partial charge in [-0.25, -0.2) is 9.37 Å². The second-order valence-corrected chi connectivity index (χ2v) is 8.99. The van der Waals surface area contributed by atoms with Crippen LogP contribution in [0.3, 0.4) is 0 Å². The third-order valence-electron chi connectivity index (χ3n) is 6.39. The average molecular weight is 474 g/mol. The number of primary amides is 1. The highest BCUT2D eigenvalue weighted by atomic mass is 19.1. The zero-order valence-electron chi connectivity index (χ0n) is 19.2. The standard InChI is InChI=1S/C26H28FN7O/c27-20-13-19(24(29)35)25(32-26(20)31-22-9-5-4-8-21(22)28)30-18-11-10-17-15-34(33-23(17)12-18)14-16-6-2-1-3-7-16/h1-3,6-7,10-13,15,21-22H,4-5,8-9,14,28H2,(H2,29,35)(H2,30,31,32). The van der Waals surface area contributed by atoms with Crippen LogP contribution in [0.25, 0.3) is 10.9 Å². The van der Waals surface area contributed by atoms with Crippen molar-refractivity contribution in [2.24, 2.45) is 11.5 Å². The molecule has 1 fully saturated rings. The number of aromatic nitrogens is 3. The van der Waals surface area contributed by atoms with Gasteiger partial charge in [0.05, 0.1) is 17.6 Å². The number of pyridine rings is 1. The summed E-state index contributed by atoms with van der Waals surface area (Å²) >= 11 is 0. The molecule has 0 radical (unpaired) electrons. The van der Waals surface area contributed by atoms with Gasteiger partial charge in [-0.2, -0.15) is 5.10 Å². The van der Waals surface area contributed by atoms with E-state index >= 15 is 0 Å². The Bertz CT molecular complexity index is 1350. The third kappa shape index (κ3) is 5.09. The molecule has 1 aliphatic carbocycles. The minimum Gasteiger partial charge on any atom is -0.365 e. The molecule has 0 bridgehead atoms. The van der Waals surface area contributed by atoms with E-state index in [1.54, 1.807) is 0 Å². The molecule has 2 aromatic carbocycles. The molecule has 2 heterocycles. The summed E-state index contributed by atoms with van der Waals surface area (Å²) in [6.45, 7) is 0.655. The highest BCUT2D eigenvalue weighted by Crippen LogP contribution is 2.28. The van der Waals surface area contributed by atoms with E-state index in [0.717, 1.165) is 48.2 Å². The first-order chi connectivity index (χ1) is 17.0. The quantitative estimate of drug-likeness (QED) is 0.320. The normalized spacial score (nSPS) is 17.9. The number of halogens is 1. The summed E-state index contributed by atoms with van der Waals surface area (Å²) in [6.07, 6.45) is 5.78. The van der Waals surface area contributed by atoms with Crippen LogP contribution >= 0.6 is 0 Å². The number of nitrogens with one attached hydrogen (secondary N) is 2. The van der Waals surface area contributed by atoms with Crippen LogP contribution in [0, 0.1) is 5.82 Å². The van der Waals surface area contributed by atoms with Crippen LogP contribution in [0.15, 0.2) is 60.8 Å². The molecule has 2 atom stereocenters. The summed E-state index contributed by atoms with van der Waals surface area (Å²) < 4.78 is 16.7. The van der Waals surface area contributed by atoms with E-state index in [2.05, 4.69) is 32.8 Å². The zero-order valence-corrected chi connectivity index (χ0v) is 19.2. The predicted molar refractivity (Wildman–Crippen MR) is 135 cm³/mol. The molecule has 35 heavy (non-hydrogen) atoms. The number of carbonyl (C=O) groups excluding carboxylic acids is 1. The highest BCUT2D eigenvalue weighted by Gasteiger charge is 2.24. The maximum atomic E-state index is 14.8. The molecule has 1 amide bonds. The fourth-order valence-corrected chi connectivity index (χ4v) is 4.52. The molecule has 0 spiro atoms. The molecular formula is C26H28FN7O. The van der Waals surface area contributed by atoms with Crippen molar-refractivity contribution in [3.05, 3.63) is 77.7 Å². The third-order valence-corrected chi connectivity index (χ3v) is 6.39. The number of anilines is 3. The Morgan fingerprint density at radius 3 is 2.66 bits per heavy atom. The second-order valence-electron chi connectivity index (χ2n) is 8.99. The fraction of sp³-hybridized carbons (Fsp3) is 0.269. The van der Waals surface area contributed by atoms with Gasteiger partial charge in [0.15, 0.2) is 11.6 Å². The number of hydrogen-bond acceptors (Lipinski definition) is 6. The van der Waals surface area contributed by atoms with Crippen LogP contribution in [0.1, 0.15) is 41.6 Å². The van der Waals surface area contributed by atoms with Crippen LogP contribution in [-0.4, -0.2) is 32.8 Å². The van der Waals surface area contributed by atoms with E-state index in [9.17, 15) is 9.18 Å². The molecule has 180 valence electrons. The number of nitrogens with two attached hydrogens (primary N) is 2. The predicted octanol–water partition coefficient (Wildman–Crippen LogP) is 4.14. The number of amides is 1. The lowest BCUT2D eigenvalue weighted by Gasteiger charge is -2.30. The van der Waals surface area contributed by atoms with Crippen molar-refractivity contribution in [2.45, 2.75) is 44.3 Å². The van der Waals surface area contributed by atoms with Gasteiger partial charge in [0, 0.05) is 29.4 Å². The number of benzene rings is 2. The molecule has 9 heteroatoms. The molecule has 8 nitrogen and oxygen atoms in total. The fourth-order valence-electron chi connectivity index (χ4n) is 4.52. The van der Waals surface area contributed by atoms with E-state index in [-0.39, 0.29) is 29.3 Å². The molecule has 6 N–H and O–H groups in total. The average Bonchev–Trinajstić information content (AvgIpc) is 3.24. The minimum atomic E-state index is -0.770. The summed E-state index contributed by atoms with van der Waals surface area (Å²) in [5, 5.41) is 11.9. The van der Waals surface area contributed by atoms with Crippen LogP contribution in [0.2, 0.25) is 0 Å². The van der Waals surface area contributed by atoms with Gasteiger partial charge in [0.25, 0.3) is 5.91 Å². The molecule has 0 aliphatic heterocycles. The summed E-state index contributed by atoms with van der Waals surface area (Å²) in [5.74, 6) is -1.19. The van der Waals surface area contributed by atoms with Crippen LogP contribution < -0.4 is 22.1 Å². The summed E-state index contributed by atoms with van der Waals surface area (Å²) in [6, 6.07) is 16.7. The lowest BCUT2D eigenvalue weighted by Crippen LogP contribution is -2.43. The van der Waals surface area contributed by atoms with Crippen molar-refractivity contribution in [2.75, 3.05) is 10.6 Å². The van der Waals surface area contributed by atoms with E-state index in [1.807, 2.05) is 47.3 Å². The topological polar surface area (TPSA) is 124 Å². The van der Waals surface area contributed by atoms with Crippen molar-refractivity contribution in [3.63, 3.8) is 0 Å². The van der Waals surface area contributed by atoms with Gasteiger partial charge in [-0.1, -0.05) is 43.2 Å². The van der Waals surface area contributed by atoms with Gasteiger partial charge < -0.3 is 22.1 Å². The number of carbonyl (C=O) groups is 1. The van der Waals surface area contributed by atoms with Crippen molar-refractivity contribution in [1.29, 1.82) is 0 Å². The molecule has 4 aromatic rings. The summed E-state index contributed by atoms with van der Waals surface area (Å²) in [5.41, 5.74) is 14.3. The van der Waals surface area contributed by atoms with Crippen LogP contribution in [0.4, 0.5) is 21.7 Å². The largest absolute Gasteiger partial charge is 0.365 e. The Balaban J connectivity index is 1.41. The van der Waals surface area contributed by atoms with Crippen molar-refractivity contribution in [3.8, 4) is 0 Å². The van der Waals surface area contributed by atoms with Gasteiger partial charge >= 0.3 is 0 Å². The van der Waals surface area contributed by atoms with E-state index in [4.69, 9.17) is 11.5 Å². The second kappa shape index (κ2) is 9.71. The smallest absolute Gasteiger partial charge is 0.252 e. The lowest BCUT2D eigenvalue weighted by molar-refractivity contribution is 0.100. The number of nitrogens with zero attached hydrogens (tertiary/aromatic N) is 3. The SMILES string of the molecule is NC(=O)c1cc(F)c(NC2CCCCC2N)nc1Nc1ccc2cn(Cc3ccccc3)nc2c1. The zero-order chi connectivity index (χ0) is 24.4. The van der Waals surface area contributed by atoms with Gasteiger partial charge in [-0.3, -0.25) is 9.48 Å². The molecule has 5 rings (SSSR count). The molecule has 2 aromatic heterocycles. The molecule has 0 saturated heterocycles. The molecular weight excluding hydrogens is 445 g/mol. The van der Waals surface area contributed by atoms with Crippen molar-refractivity contribution >= 4 is 34.1 Å². The number of rotatable bonds is 7. The van der Waals surface area contributed by atoms with Crippen molar-refractivity contribution < 1.29 is 9.18 Å². The lowest BCUT2D eigenvalue weighted by atomic mass is 9.91. The van der Waals surface area contributed by atoms with Crippen LogP contribution in [0.5, 0.6) is 0 Å². The minimum absolute atomic E-state index is 0.0318. The van der Waals surface area contributed by atoms with E-state index in [0.29, 0.717) is 12.2 Å². The van der Waals surface area contributed by atoms with Gasteiger partial charge in [-0.15, -0.1) is 0 Å². The first-order valence-electron chi connectivity index (χ1n) is 11.8. The maximum absolute atomic E-state index is 14.8. The maximum Gasteiger partial charge on any atom is 0.252 e. The van der Waals surface area contributed by atoms with Gasteiger partial charge in [0.2, 0.25) is 0 Å². The van der Waals surface area contributed by atoms with Crippen molar-refractivity contribution in [1.82, 2.24) is 14.8 Å². The Morgan fingerprint density at radius 2 is 1.89 bits per heavy atom.